The van der Waals surface area contributed by atoms with Crippen molar-refractivity contribution in [3.63, 3.8) is 0 Å². The molecule has 1 aromatic rings. The highest BCUT2D eigenvalue weighted by molar-refractivity contribution is 7.42. The smallest absolute Gasteiger partial charge is 0.397 e. The SMILES string of the molecule is COc1cccc(COP(O[C@@H]2C[C@H](C)CC[C@H]2C(C)C)O[C@@H]2C[C@H](C)CC[C@H]2C(C)C)c1OP(O[C@@H]1C[C@H](C)CCC1C(C)C)O[C@@H]1C[C@H](C)CC[C@H]1C(C)C. The number of benzene rings is 1. The van der Waals surface area contributed by atoms with Gasteiger partial charge >= 0.3 is 17.2 Å². The van der Waals surface area contributed by atoms with E-state index in [0.29, 0.717) is 82.5 Å². The summed E-state index contributed by atoms with van der Waals surface area (Å²) in [5, 5.41) is 0. The molecule has 0 heterocycles. The van der Waals surface area contributed by atoms with Crippen LogP contribution in [-0.4, -0.2) is 31.5 Å². The predicted molar refractivity (Wildman–Crippen MR) is 237 cm³/mol. The van der Waals surface area contributed by atoms with Crippen LogP contribution in [0.3, 0.4) is 0 Å². The summed E-state index contributed by atoms with van der Waals surface area (Å²) in [5.41, 5.74) is 0.901. The molecule has 0 bridgehead atoms. The first-order valence-electron chi connectivity index (χ1n) is 23.4. The van der Waals surface area contributed by atoms with Gasteiger partial charge in [0.05, 0.1) is 38.1 Å². The van der Waals surface area contributed by atoms with Crippen LogP contribution in [0.4, 0.5) is 0 Å². The molecule has 9 heteroatoms. The van der Waals surface area contributed by atoms with Gasteiger partial charge in [-0.15, -0.1) is 0 Å². The van der Waals surface area contributed by atoms with Gasteiger partial charge in [0.25, 0.3) is 0 Å². The molecule has 4 aliphatic carbocycles. The third-order valence-corrected chi connectivity index (χ3v) is 16.9. The van der Waals surface area contributed by atoms with Gasteiger partial charge < -0.3 is 22.8 Å². The third-order valence-electron chi connectivity index (χ3n) is 14.5. The molecule has 328 valence electrons. The van der Waals surface area contributed by atoms with Gasteiger partial charge in [-0.3, -0.25) is 9.05 Å². The van der Waals surface area contributed by atoms with Crippen molar-refractivity contribution in [3.05, 3.63) is 23.8 Å². The van der Waals surface area contributed by atoms with E-state index < -0.39 is 17.2 Å². The summed E-state index contributed by atoms with van der Waals surface area (Å²) in [4.78, 5) is 0. The molecule has 57 heavy (non-hydrogen) atoms. The maximum atomic E-state index is 7.15. The Kier molecular flexibility index (Phi) is 18.8. The molecule has 0 spiro atoms. The zero-order valence-corrected chi connectivity index (χ0v) is 40.2. The molecule has 1 aromatic carbocycles. The molecular formula is C48H84O7P2. The monoisotopic (exact) mass is 835 g/mol. The molecule has 4 saturated carbocycles. The molecule has 0 amide bonds. The summed E-state index contributed by atoms with van der Waals surface area (Å²) in [7, 11) is -1.66. The van der Waals surface area contributed by atoms with Crippen LogP contribution < -0.4 is 9.26 Å². The van der Waals surface area contributed by atoms with Gasteiger partial charge in [-0.2, -0.15) is 0 Å². The molecule has 0 N–H and O–H groups in total. The highest BCUT2D eigenvalue weighted by atomic mass is 31.2. The number of methoxy groups -OCH3 is 1. The minimum Gasteiger partial charge on any atom is -0.493 e. The summed E-state index contributed by atoms with van der Waals surface area (Å²) >= 11 is 0. The fourth-order valence-corrected chi connectivity index (χ4v) is 13.4. The average Bonchev–Trinajstić information content (AvgIpc) is 3.13. The highest BCUT2D eigenvalue weighted by Crippen LogP contribution is 2.55. The highest BCUT2D eigenvalue weighted by Gasteiger charge is 2.41. The standard InChI is InChI=1S/C48H84O7P2/c1-30(2)39-21-17-34(9)25-44(39)51-56(52-45-26-35(10)18-22-40(45)31(3)4)50-29-38-15-14-16-43(49-13)48(38)55-57(53-46-27-36(11)19-23-41(46)32(5)6)54-47-28-37(12)20-24-42(47)33(7)8/h14-16,30-37,39-42,44-47H,17-29H2,1-13H3/t34-,35-,36-,37-,39+,40+,41+,42?,44-,45-,46-,47-,57?/m1/s1. The number of ether oxygens (including phenoxy) is 1. The van der Waals surface area contributed by atoms with Crippen LogP contribution in [0.25, 0.3) is 0 Å². The quantitative estimate of drug-likeness (QED) is 0.136. The van der Waals surface area contributed by atoms with Crippen molar-refractivity contribution in [2.75, 3.05) is 7.11 Å². The Hall–Kier alpha value is -0.520. The Morgan fingerprint density at radius 3 is 1.19 bits per heavy atom. The van der Waals surface area contributed by atoms with Crippen molar-refractivity contribution in [2.24, 2.45) is 71.0 Å². The van der Waals surface area contributed by atoms with Gasteiger partial charge in [0.15, 0.2) is 11.5 Å². The van der Waals surface area contributed by atoms with Crippen LogP contribution in [0.1, 0.15) is 166 Å². The van der Waals surface area contributed by atoms with Crippen molar-refractivity contribution in [3.8, 4) is 11.5 Å². The second kappa shape index (κ2) is 22.5. The normalized spacial score (nSPS) is 34.7. The molecule has 0 aliphatic heterocycles. The first-order chi connectivity index (χ1) is 27.1. The maximum Gasteiger partial charge on any atom is 0.397 e. The number of hydrogen-bond acceptors (Lipinski definition) is 7. The zero-order valence-electron chi connectivity index (χ0n) is 38.4. The van der Waals surface area contributed by atoms with Crippen LogP contribution in [0.5, 0.6) is 11.5 Å². The third kappa shape index (κ3) is 13.5. The topological polar surface area (TPSA) is 64.6 Å². The second-order valence-corrected chi connectivity index (χ2v) is 22.8. The lowest BCUT2D eigenvalue weighted by Crippen LogP contribution is -2.36. The van der Waals surface area contributed by atoms with E-state index in [2.05, 4.69) is 89.2 Å². The Bertz CT molecular complexity index is 1260. The first-order valence-corrected chi connectivity index (χ1v) is 25.6. The van der Waals surface area contributed by atoms with Gasteiger partial charge in [0.2, 0.25) is 0 Å². The first kappa shape index (κ1) is 47.5. The van der Waals surface area contributed by atoms with Gasteiger partial charge in [-0.05, 0) is 128 Å². The minimum absolute atomic E-state index is 0.0843. The molecule has 13 atom stereocenters. The van der Waals surface area contributed by atoms with Crippen molar-refractivity contribution >= 4 is 17.2 Å². The fraction of sp³-hybridized carbons (Fsp3) is 0.875. The summed E-state index contributed by atoms with van der Waals surface area (Å²) < 4.78 is 48.5. The van der Waals surface area contributed by atoms with E-state index in [0.717, 1.165) is 31.2 Å². The van der Waals surface area contributed by atoms with Gasteiger partial charge in [0.1, 0.15) is 0 Å². The van der Waals surface area contributed by atoms with E-state index in [4.69, 9.17) is 31.9 Å². The predicted octanol–water partition coefficient (Wildman–Crippen LogP) is 15.0. The summed E-state index contributed by atoms with van der Waals surface area (Å²) in [5.74, 6) is 7.85. The second-order valence-electron chi connectivity index (χ2n) is 20.6. The van der Waals surface area contributed by atoms with Crippen molar-refractivity contribution in [1.82, 2.24) is 0 Å². The van der Waals surface area contributed by atoms with Gasteiger partial charge in [0, 0.05) is 5.56 Å². The fourth-order valence-electron chi connectivity index (χ4n) is 10.7. The lowest BCUT2D eigenvalue weighted by Gasteiger charge is -2.41. The molecule has 2 unspecified atom stereocenters. The van der Waals surface area contributed by atoms with Crippen molar-refractivity contribution in [1.29, 1.82) is 0 Å². The van der Waals surface area contributed by atoms with Crippen LogP contribution in [0.15, 0.2) is 18.2 Å². The van der Waals surface area contributed by atoms with Gasteiger partial charge in [-0.1, -0.05) is 121 Å². The molecule has 0 saturated heterocycles. The van der Waals surface area contributed by atoms with Crippen LogP contribution in [0, 0.1) is 71.0 Å². The zero-order chi connectivity index (χ0) is 41.4. The molecule has 4 fully saturated rings. The molecule has 5 rings (SSSR count). The van der Waals surface area contributed by atoms with Crippen molar-refractivity contribution < 1.29 is 31.9 Å². The van der Waals surface area contributed by atoms with Gasteiger partial charge in [-0.25, -0.2) is 0 Å². The average molecular weight is 835 g/mol. The Morgan fingerprint density at radius 1 is 0.509 bits per heavy atom. The van der Waals surface area contributed by atoms with E-state index in [1.807, 2.05) is 12.1 Å². The van der Waals surface area contributed by atoms with Crippen LogP contribution in [0.2, 0.25) is 0 Å². The summed E-state index contributed by atoms with van der Waals surface area (Å²) in [6, 6.07) is 6.11. The maximum absolute atomic E-state index is 7.15. The lowest BCUT2D eigenvalue weighted by molar-refractivity contribution is -0.0134. The van der Waals surface area contributed by atoms with Crippen LogP contribution >= 0.6 is 17.2 Å². The van der Waals surface area contributed by atoms with E-state index in [9.17, 15) is 0 Å². The van der Waals surface area contributed by atoms with E-state index >= 15 is 0 Å². The number of hydrogen-bond donors (Lipinski definition) is 0. The summed E-state index contributed by atoms with van der Waals surface area (Å²) in [6.45, 7) is 28.5. The molecule has 4 aliphatic rings. The minimum atomic E-state index is -1.75. The van der Waals surface area contributed by atoms with E-state index in [1.54, 1.807) is 7.11 Å². The van der Waals surface area contributed by atoms with Crippen molar-refractivity contribution in [2.45, 2.75) is 191 Å². The summed E-state index contributed by atoms with van der Waals surface area (Å²) in [6.07, 6.45) is 14.3. The van der Waals surface area contributed by atoms with Crippen LogP contribution in [-0.2, 0) is 29.2 Å². The molecule has 7 nitrogen and oxygen atoms in total. The molecular weight excluding hydrogens is 750 g/mol. The Labute approximate surface area is 352 Å². The molecule has 0 aromatic heterocycles. The van der Waals surface area contributed by atoms with E-state index in [-0.39, 0.29) is 31.0 Å². The molecule has 0 radical (unpaired) electrons. The number of para-hydroxylation sites is 1. The van der Waals surface area contributed by atoms with E-state index in [1.165, 1.54) is 51.4 Å². The Morgan fingerprint density at radius 2 is 0.860 bits per heavy atom. The Balaban J connectivity index is 1.44. The largest absolute Gasteiger partial charge is 0.493 e. The number of rotatable bonds is 18. The lowest BCUT2D eigenvalue weighted by atomic mass is 9.75.